The second-order valence-corrected chi connectivity index (χ2v) is 7.29. The van der Waals surface area contributed by atoms with Gasteiger partial charge in [0.1, 0.15) is 6.10 Å². The first-order valence-corrected chi connectivity index (χ1v) is 9.29. The Morgan fingerprint density at radius 3 is 2.52 bits per heavy atom. The lowest BCUT2D eigenvalue weighted by molar-refractivity contribution is 0.191. The Morgan fingerprint density at radius 2 is 1.92 bits per heavy atom. The molecule has 138 valence electrons. The van der Waals surface area contributed by atoms with Gasteiger partial charge in [-0.3, -0.25) is 4.99 Å². The number of hydrogen-bond acceptors (Lipinski definition) is 3. The summed E-state index contributed by atoms with van der Waals surface area (Å²) in [5, 5.41) is 16.7. The molecule has 0 aliphatic rings. The van der Waals surface area contributed by atoms with E-state index in [0.717, 1.165) is 24.4 Å². The van der Waals surface area contributed by atoms with E-state index in [9.17, 15) is 5.11 Å². The molecule has 0 fully saturated rings. The van der Waals surface area contributed by atoms with Crippen molar-refractivity contribution in [1.82, 2.24) is 10.6 Å². The molecule has 0 spiro atoms. The van der Waals surface area contributed by atoms with Crippen molar-refractivity contribution in [2.24, 2.45) is 4.99 Å². The highest BCUT2D eigenvalue weighted by Gasteiger charge is 2.10. The number of halogens is 2. The van der Waals surface area contributed by atoms with Crippen LogP contribution >= 0.6 is 46.9 Å². The van der Waals surface area contributed by atoms with Gasteiger partial charge in [-0.2, -0.15) is 0 Å². The summed E-state index contributed by atoms with van der Waals surface area (Å²) in [6, 6.07) is 12.2. The highest BCUT2D eigenvalue weighted by molar-refractivity contribution is 14.0. The topological polar surface area (TPSA) is 56.7 Å². The van der Waals surface area contributed by atoms with E-state index >= 15 is 0 Å². The number of nitrogens with one attached hydrogen (secondary N) is 2. The molecule has 0 bridgehead atoms. The summed E-state index contributed by atoms with van der Waals surface area (Å²) in [6.07, 6.45) is 0.295. The quantitative estimate of drug-likeness (QED) is 0.308. The second kappa shape index (κ2) is 11.7. The lowest BCUT2D eigenvalue weighted by Crippen LogP contribution is -2.38. The van der Waals surface area contributed by atoms with Crippen molar-refractivity contribution in [2.75, 3.05) is 19.6 Å². The van der Waals surface area contributed by atoms with Gasteiger partial charge in [-0.15, -0.1) is 35.3 Å². The van der Waals surface area contributed by atoms with Gasteiger partial charge in [0.2, 0.25) is 0 Å². The molecule has 0 saturated carbocycles. The van der Waals surface area contributed by atoms with E-state index in [1.807, 2.05) is 13.0 Å². The van der Waals surface area contributed by atoms with Crippen LogP contribution in [0.3, 0.4) is 0 Å². The molecule has 1 aromatic carbocycles. The first-order valence-electron chi connectivity index (χ1n) is 8.09. The van der Waals surface area contributed by atoms with Crippen molar-refractivity contribution in [3.05, 3.63) is 56.7 Å². The van der Waals surface area contributed by atoms with Crippen molar-refractivity contribution in [3.63, 3.8) is 0 Å². The molecule has 0 radical (unpaired) electrons. The normalized spacial score (nSPS) is 12.4. The van der Waals surface area contributed by atoms with Crippen LogP contribution in [0.1, 0.15) is 29.0 Å². The van der Waals surface area contributed by atoms with Gasteiger partial charge in [0.05, 0.1) is 10.9 Å². The standard InChI is InChI=1S/C18H24ClN3OS.HI/c1-3-20-18(21-11-10-14-6-4-13(2)5-7-14)22-12-15(23)16-8-9-17(19)24-16;/h4-9,15,23H,3,10-12H2,1-2H3,(H2,20,21,22);1H. The Kier molecular flexibility index (Phi) is 10.4. The molecular formula is C18H25ClIN3OS. The number of aryl methyl sites for hydroxylation is 1. The van der Waals surface area contributed by atoms with E-state index in [0.29, 0.717) is 16.8 Å². The predicted molar refractivity (Wildman–Crippen MR) is 119 cm³/mol. The fourth-order valence-electron chi connectivity index (χ4n) is 2.20. The molecule has 0 saturated heterocycles. The molecule has 2 rings (SSSR count). The minimum absolute atomic E-state index is 0. The summed E-state index contributed by atoms with van der Waals surface area (Å²) in [4.78, 5) is 5.28. The molecule has 25 heavy (non-hydrogen) atoms. The Balaban J connectivity index is 0.00000312. The van der Waals surface area contributed by atoms with Gasteiger partial charge in [0.25, 0.3) is 0 Å². The molecule has 1 unspecified atom stereocenters. The van der Waals surface area contributed by atoms with Crippen LogP contribution in [0.4, 0.5) is 0 Å². The van der Waals surface area contributed by atoms with Crippen molar-refractivity contribution in [1.29, 1.82) is 0 Å². The maximum atomic E-state index is 10.2. The maximum absolute atomic E-state index is 10.2. The summed E-state index contributed by atoms with van der Waals surface area (Å²) < 4.78 is 0.677. The fourth-order valence-corrected chi connectivity index (χ4v) is 3.23. The van der Waals surface area contributed by atoms with Gasteiger partial charge in [-0.25, -0.2) is 0 Å². The van der Waals surface area contributed by atoms with Crippen molar-refractivity contribution < 1.29 is 5.11 Å². The third-order valence-corrected chi connectivity index (χ3v) is 4.85. The fraction of sp³-hybridized carbons (Fsp3) is 0.389. The average molecular weight is 494 g/mol. The van der Waals surface area contributed by atoms with Crippen LogP contribution in [0.2, 0.25) is 4.34 Å². The number of guanidine groups is 1. The summed E-state index contributed by atoms with van der Waals surface area (Å²) in [6.45, 7) is 5.97. The maximum Gasteiger partial charge on any atom is 0.191 e. The van der Waals surface area contributed by atoms with Crippen LogP contribution in [0.5, 0.6) is 0 Å². The average Bonchev–Trinajstić information content (AvgIpc) is 3.01. The zero-order chi connectivity index (χ0) is 17.4. The SMILES string of the molecule is CCNC(=NCC(O)c1ccc(Cl)s1)NCCc1ccc(C)cc1.I. The van der Waals surface area contributed by atoms with Crippen LogP contribution in [0, 0.1) is 6.92 Å². The zero-order valence-electron chi connectivity index (χ0n) is 14.5. The van der Waals surface area contributed by atoms with Crippen LogP contribution in [-0.2, 0) is 6.42 Å². The second-order valence-electron chi connectivity index (χ2n) is 5.54. The van der Waals surface area contributed by atoms with Gasteiger partial charge in [-0.1, -0.05) is 41.4 Å². The molecule has 4 nitrogen and oxygen atoms in total. The smallest absolute Gasteiger partial charge is 0.191 e. The molecule has 3 N–H and O–H groups in total. The molecular weight excluding hydrogens is 469 g/mol. The van der Waals surface area contributed by atoms with Gasteiger partial charge >= 0.3 is 0 Å². The third-order valence-electron chi connectivity index (χ3n) is 3.52. The van der Waals surface area contributed by atoms with Crippen LogP contribution in [-0.4, -0.2) is 30.7 Å². The van der Waals surface area contributed by atoms with Crippen LogP contribution in [0.15, 0.2) is 41.4 Å². The van der Waals surface area contributed by atoms with Crippen LogP contribution < -0.4 is 10.6 Å². The Morgan fingerprint density at radius 1 is 1.20 bits per heavy atom. The summed E-state index contributed by atoms with van der Waals surface area (Å²) in [5.74, 6) is 0.714. The largest absolute Gasteiger partial charge is 0.386 e. The number of aliphatic hydroxyl groups excluding tert-OH is 1. The van der Waals surface area contributed by atoms with Crippen LogP contribution in [0.25, 0.3) is 0 Å². The third kappa shape index (κ3) is 7.94. The van der Waals surface area contributed by atoms with E-state index in [4.69, 9.17) is 11.6 Å². The number of rotatable bonds is 7. The highest BCUT2D eigenvalue weighted by atomic mass is 127. The van der Waals surface area contributed by atoms with Crippen molar-refractivity contribution >= 4 is 52.9 Å². The first kappa shape index (κ1) is 22.2. The molecule has 2 aromatic rings. The lowest BCUT2D eigenvalue weighted by Gasteiger charge is -2.12. The lowest BCUT2D eigenvalue weighted by atomic mass is 10.1. The monoisotopic (exact) mass is 493 g/mol. The zero-order valence-corrected chi connectivity index (χ0v) is 18.4. The summed E-state index contributed by atoms with van der Waals surface area (Å²) >= 11 is 7.28. The van der Waals surface area contributed by atoms with E-state index in [1.165, 1.54) is 22.5 Å². The van der Waals surface area contributed by atoms with E-state index in [1.54, 1.807) is 6.07 Å². The van der Waals surface area contributed by atoms with E-state index < -0.39 is 6.10 Å². The molecule has 0 aliphatic heterocycles. The summed E-state index contributed by atoms with van der Waals surface area (Å²) in [7, 11) is 0. The number of aliphatic imine (C=N–C) groups is 1. The molecule has 1 atom stereocenters. The molecule has 1 heterocycles. The van der Waals surface area contributed by atoms with E-state index in [-0.39, 0.29) is 24.0 Å². The predicted octanol–water partition coefficient (Wildman–Crippen LogP) is 4.16. The molecule has 0 aliphatic carbocycles. The Bertz CT molecular complexity index is 661. The summed E-state index contributed by atoms with van der Waals surface area (Å²) in [5.41, 5.74) is 2.56. The van der Waals surface area contributed by atoms with Crippen molar-refractivity contribution in [2.45, 2.75) is 26.4 Å². The highest BCUT2D eigenvalue weighted by Crippen LogP contribution is 2.26. The molecule has 7 heteroatoms. The van der Waals surface area contributed by atoms with Gasteiger partial charge in [0, 0.05) is 18.0 Å². The molecule has 1 aromatic heterocycles. The Hall–Kier alpha value is -0.830. The van der Waals surface area contributed by atoms with Gasteiger partial charge in [0.15, 0.2) is 5.96 Å². The van der Waals surface area contributed by atoms with E-state index in [2.05, 4.69) is 46.8 Å². The minimum atomic E-state index is -0.630. The van der Waals surface area contributed by atoms with Gasteiger partial charge < -0.3 is 15.7 Å². The first-order chi connectivity index (χ1) is 11.6. The molecule has 0 amide bonds. The number of nitrogens with zero attached hydrogens (tertiary/aromatic N) is 1. The minimum Gasteiger partial charge on any atom is -0.386 e. The van der Waals surface area contributed by atoms with Crippen molar-refractivity contribution in [3.8, 4) is 0 Å². The number of thiophene rings is 1. The number of aliphatic hydroxyl groups is 1. The number of hydrogen-bond donors (Lipinski definition) is 3. The van der Waals surface area contributed by atoms with Gasteiger partial charge in [-0.05, 0) is 38.0 Å². The number of benzene rings is 1. The Labute approximate surface area is 175 Å².